The molecule has 0 saturated heterocycles. The first-order valence-corrected chi connectivity index (χ1v) is 10.0. The predicted octanol–water partition coefficient (Wildman–Crippen LogP) is 5.02. The quantitative estimate of drug-likeness (QED) is 0.548. The molecule has 2 aromatic carbocycles. The summed E-state index contributed by atoms with van der Waals surface area (Å²) in [7, 11) is 1.77. The molecule has 1 heterocycles. The average molecular weight is 412 g/mol. The van der Waals surface area contributed by atoms with Gasteiger partial charge in [0.2, 0.25) is 0 Å². The Kier molecular flexibility index (Phi) is 6.60. The molecule has 0 fully saturated rings. The maximum atomic E-state index is 12.9. The number of amides is 1. The normalized spacial score (nSPS) is 10.8. The molecular weight excluding hydrogens is 386 g/mol. The summed E-state index contributed by atoms with van der Waals surface area (Å²) in [6.45, 7) is 7.57. The Morgan fingerprint density at radius 1 is 1.21 bits per heavy atom. The molecule has 0 N–H and O–H groups in total. The lowest BCUT2D eigenvalue weighted by molar-refractivity contribution is 0.0781. The number of hydrogen-bond acceptors (Lipinski definition) is 3. The molecule has 3 rings (SSSR count). The third kappa shape index (κ3) is 4.98. The molecule has 3 aromatic rings. The molecule has 0 aliphatic rings. The standard InChI is InChI=1S/C23H26ClN3O2/c1-5-27-21(20(24)13-25-27)14-26(4)23(28)19-8-6-7-18(12-19)15-29-22-11-16(2)9-10-17(22)3/h6-13H,5,14-15H2,1-4H3. The number of halogens is 1. The molecule has 1 aromatic heterocycles. The van der Waals surface area contributed by atoms with Crippen LogP contribution >= 0.6 is 11.6 Å². The maximum Gasteiger partial charge on any atom is 0.253 e. The van der Waals surface area contributed by atoms with Crippen LogP contribution in [0.5, 0.6) is 5.75 Å². The first kappa shape index (κ1) is 20.9. The number of carbonyl (C=O) groups excluding carboxylic acids is 1. The van der Waals surface area contributed by atoms with Gasteiger partial charge in [0.05, 0.1) is 23.5 Å². The summed E-state index contributed by atoms with van der Waals surface area (Å²) < 4.78 is 7.78. The second kappa shape index (κ2) is 9.14. The molecule has 0 atom stereocenters. The number of carbonyl (C=O) groups is 1. The highest BCUT2D eigenvalue weighted by molar-refractivity contribution is 6.31. The van der Waals surface area contributed by atoms with E-state index in [4.69, 9.17) is 16.3 Å². The molecule has 0 aliphatic heterocycles. The van der Waals surface area contributed by atoms with Gasteiger partial charge in [-0.25, -0.2) is 0 Å². The van der Waals surface area contributed by atoms with Gasteiger partial charge in [-0.3, -0.25) is 9.48 Å². The fourth-order valence-electron chi connectivity index (χ4n) is 3.15. The van der Waals surface area contributed by atoms with Crippen molar-refractivity contribution in [1.82, 2.24) is 14.7 Å². The maximum absolute atomic E-state index is 12.9. The zero-order valence-electron chi connectivity index (χ0n) is 17.3. The zero-order chi connectivity index (χ0) is 21.0. The van der Waals surface area contributed by atoms with E-state index in [9.17, 15) is 4.79 Å². The Morgan fingerprint density at radius 2 is 2.00 bits per heavy atom. The van der Waals surface area contributed by atoms with Crippen LogP contribution in [-0.4, -0.2) is 27.6 Å². The first-order chi connectivity index (χ1) is 13.9. The number of rotatable bonds is 7. The number of nitrogens with zero attached hydrogens (tertiary/aromatic N) is 3. The largest absolute Gasteiger partial charge is 0.489 e. The van der Waals surface area contributed by atoms with E-state index in [0.29, 0.717) is 30.3 Å². The number of benzene rings is 2. The lowest BCUT2D eigenvalue weighted by Gasteiger charge is -2.19. The van der Waals surface area contributed by atoms with Crippen molar-refractivity contribution in [3.8, 4) is 5.75 Å². The van der Waals surface area contributed by atoms with Crippen LogP contribution in [0.3, 0.4) is 0 Å². The van der Waals surface area contributed by atoms with Crippen molar-refractivity contribution in [2.24, 2.45) is 0 Å². The summed E-state index contributed by atoms with van der Waals surface area (Å²) >= 11 is 6.23. The van der Waals surface area contributed by atoms with Crippen LogP contribution in [0.4, 0.5) is 0 Å². The predicted molar refractivity (Wildman–Crippen MR) is 115 cm³/mol. The van der Waals surface area contributed by atoms with E-state index >= 15 is 0 Å². The van der Waals surface area contributed by atoms with Gasteiger partial charge in [-0.1, -0.05) is 35.9 Å². The van der Waals surface area contributed by atoms with Gasteiger partial charge in [0.1, 0.15) is 12.4 Å². The average Bonchev–Trinajstić information content (AvgIpc) is 3.07. The second-order valence-electron chi connectivity index (χ2n) is 7.17. The minimum absolute atomic E-state index is 0.0708. The van der Waals surface area contributed by atoms with Gasteiger partial charge >= 0.3 is 0 Å². The summed E-state index contributed by atoms with van der Waals surface area (Å²) in [6.07, 6.45) is 1.62. The molecule has 6 heteroatoms. The fraction of sp³-hybridized carbons (Fsp3) is 0.304. The van der Waals surface area contributed by atoms with Gasteiger partial charge in [0.25, 0.3) is 5.91 Å². The Morgan fingerprint density at radius 3 is 2.76 bits per heavy atom. The summed E-state index contributed by atoms with van der Waals surface area (Å²) in [6, 6.07) is 13.7. The highest BCUT2D eigenvalue weighted by Crippen LogP contribution is 2.21. The summed E-state index contributed by atoms with van der Waals surface area (Å²) in [5.41, 5.74) is 4.64. The SMILES string of the molecule is CCn1ncc(Cl)c1CN(C)C(=O)c1cccc(COc2cc(C)ccc2C)c1. The number of aromatic nitrogens is 2. The van der Waals surface area contributed by atoms with E-state index in [0.717, 1.165) is 28.1 Å². The molecule has 0 aliphatic carbocycles. The summed E-state index contributed by atoms with van der Waals surface area (Å²) in [4.78, 5) is 14.6. The van der Waals surface area contributed by atoms with Crippen molar-refractivity contribution < 1.29 is 9.53 Å². The monoisotopic (exact) mass is 411 g/mol. The van der Waals surface area contributed by atoms with Crippen molar-refractivity contribution in [2.45, 2.75) is 40.5 Å². The van der Waals surface area contributed by atoms with Gasteiger partial charge in [0.15, 0.2) is 0 Å². The topological polar surface area (TPSA) is 47.4 Å². The van der Waals surface area contributed by atoms with Crippen LogP contribution in [-0.2, 0) is 19.7 Å². The van der Waals surface area contributed by atoms with Gasteiger partial charge in [0, 0.05) is 19.2 Å². The molecular formula is C23H26ClN3O2. The zero-order valence-corrected chi connectivity index (χ0v) is 18.0. The van der Waals surface area contributed by atoms with E-state index in [2.05, 4.69) is 11.2 Å². The third-order valence-corrected chi connectivity index (χ3v) is 5.16. The number of hydrogen-bond donors (Lipinski definition) is 0. The van der Waals surface area contributed by atoms with Crippen LogP contribution < -0.4 is 4.74 Å². The van der Waals surface area contributed by atoms with Crippen LogP contribution in [0.25, 0.3) is 0 Å². The lowest BCUT2D eigenvalue weighted by atomic mass is 10.1. The van der Waals surface area contributed by atoms with Gasteiger partial charge in [-0.2, -0.15) is 5.10 Å². The second-order valence-corrected chi connectivity index (χ2v) is 7.58. The van der Waals surface area contributed by atoms with E-state index < -0.39 is 0 Å². The Bertz CT molecular complexity index is 1010. The van der Waals surface area contributed by atoms with E-state index in [1.54, 1.807) is 22.8 Å². The van der Waals surface area contributed by atoms with Crippen molar-refractivity contribution in [2.75, 3.05) is 7.05 Å². The number of aryl methyl sites for hydroxylation is 3. The van der Waals surface area contributed by atoms with Crippen LogP contribution in [0.15, 0.2) is 48.7 Å². The van der Waals surface area contributed by atoms with Gasteiger partial charge in [-0.15, -0.1) is 0 Å². The van der Waals surface area contributed by atoms with E-state index in [1.807, 2.05) is 57.2 Å². The third-order valence-electron chi connectivity index (χ3n) is 4.84. The molecule has 152 valence electrons. The smallest absolute Gasteiger partial charge is 0.253 e. The van der Waals surface area contributed by atoms with Gasteiger partial charge < -0.3 is 9.64 Å². The van der Waals surface area contributed by atoms with Crippen molar-refractivity contribution in [1.29, 1.82) is 0 Å². The molecule has 0 spiro atoms. The molecule has 0 radical (unpaired) electrons. The molecule has 1 amide bonds. The first-order valence-electron chi connectivity index (χ1n) is 9.63. The Balaban J connectivity index is 1.70. The van der Waals surface area contributed by atoms with Crippen molar-refractivity contribution in [3.05, 3.63) is 81.6 Å². The van der Waals surface area contributed by atoms with Crippen LogP contribution in [0, 0.1) is 13.8 Å². The van der Waals surface area contributed by atoms with Crippen LogP contribution in [0.2, 0.25) is 5.02 Å². The minimum atomic E-state index is -0.0708. The van der Waals surface area contributed by atoms with Crippen molar-refractivity contribution >= 4 is 17.5 Å². The molecule has 0 saturated carbocycles. The molecule has 5 nitrogen and oxygen atoms in total. The Labute approximate surface area is 176 Å². The molecule has 0 unspecified atom stereocenters. The fourth-order valence-corrected chi connectivity index (χ4v) is 3.35. The van der Waals surface area contributed by atoms with Crippen molar-refractivity contribution in [3.63, 3.8) is 0 Å². The van der Waals surface area contributed by atoms with Gasteiger partial charge in [-0.05, 0) is 55.7 Å². The molecule has 0 bridgehead atoms. The van der Waals surface area contributed by atoms with E-state index in [1.165, 1.54) is 0 Å². The molecule has 29 heavy (non-hydrogen) atoms. The minimum Gasteiger partial charge on any atom is -0.489 e. The lowest BCUT2D eigenvalue weighted by Crippen LogP contribution is -2.27. The van der Waals surface area contributed by atoms with E-state index in [-0.39, 0.29) is 5.91 Å². The Hall–Kier alpha value is -2.79. The summed E-state index contributed by atoms with van der Waals surface area (Å²) in [5.74, 6) is 0.792. The number of ether oxygens (including phenoxy) is 1. The summed E-state index contributed by atoms with van der Waals surface area (Å²) in [5, 5.41) is 4.80. The van der Waals surface area contributed by atoms with Crippen LogP contribution in [0.1, 0.15) is 39.7 Å². The highest BCUT2D eigenvalue weighted by atomic mass is 35.5. The highest BCUT2D eigenvalue weighted by Gasteiger charge is 2.17.